The number of benzene rings is 2. The van der Waals surface area contributed by atoms with Crippen LogP contribution in [-0.2, 0) is 41.4 Å². The molecule has 6 rings (SSSR count). The van der Waals surface area contributed by atoms with E-state index in [9.17, 15) is 28.8 Å². The molecule has 3 fully saturated rings. The summed E-state index contributed by atoms with van der Waals surface area (Å²) in [5.74, 6) is -0.868. The second-order valence-electron chi connectivity index (χ2n) is 16.6. The van der Waals surface area contributed by atoms with Gasteiger partial charge in [0.15, 0.2) is 29.7 Å². The van der Waals surface area contributed by atoms with Gasteiger partial charge in [-0.2, -0.15) is 0 Å². The number of carbonyl (C=O) groups is 6. The molecule has 55 heavy (non-hydrogen) atoms. The van der Waals surface area contributed by atoms with Crippen molar-refractivity contribution in [1.82, 2.24) is 9.80 Å². The molecule has 2 aromatic rings. The predicted molar refractivity (Wildman–Crippen MR) is 209 cm³/mol. The van der Waals surface area contributed by atoms with Gasteiger partial charge in [-0.3, -0.25) is 19.4 Å². The summed E-state index contributed by atoms with van der Waals surface area (Å²) in [4.78, 5) is 80.8. The minimum atomic E-state index is -0.877. The number of ether oxygens (including phenoxy) is 4. The zero-order valence-corrected chi connectivity index (χ0v) is 34.0. The second kappa shape index (κ2) is 16.2. The molecule has 0 N–H and O–H groups in total. The maximum absolute atomic E-state index is 13.7. The minimum Gasteiger partial charge on any atom is -0.455 e. The van der Waals surface area contributed by atoms with Crippen molar-refractivity contribution < 1.29 is 47.7 Å². The first-order chi connectivity index (χ1) is 25.9. The highest BCUT2D eigenvalue weighted by Gasteiger charge is 2.43. The van der Waals surface area contributed by atoms with Crippen molar-refractivity contribution in [3.63, 3.8) is 0 Å². The van der Waals surface area contributed by atoms with E-state index < -0.39 is 59.3 Å². The first-order valence-corrected chi connectivity index (χ1v) is 20.9. The quantitative estimate of drug-likeness (QED) is 0.145. The van der Waals surface area contributed by atoms with Gasteiger partial charge in [0.2, 0.25) is 5.78 Å². The third-order valence-electron chi connectivity index (χ3n) is 10.1. The highest BCUT2D eigenvalue weighted by atomic mass is 32.2. The Bertz CT molecular complexity index is 1840. The Morgan fingerprint density at radius 1 is 0.673 bits per heavy atom. The lowest BCUT2D eigenvalue weighted by molar-refractivity contribution is -0.145. The zero-order valence-electron chi connectivity index (χ0n) is 32.4. The van der Waals surface area contributed by atoms with Crippen LogP contribution in [0.5, 0.6) is 0 Å². The van der Waals surface area contributed by atoms with Crippen molar-refractivity contribution in [3.05, 3.63) is 58.7 Å². The molecule has 2 aliphatic carbocycles. The average molecular weight is 795 g/mol. The Morgan fingerprint density at radius 2 is 1.16 bits per heavy atom. The normalized spacial score (nSPS) is 20.3. The van der Waals surface area contributed by atoms with Crippen molar-refractivity contribution in [2.24, 2.45) is 5.41 Å². The molecule has 0 bridgehead atoms. The molecule has 2 aliphatic heterocycles. The molecule has 296 valence electrons. The van der Waals surface area contributed by atoms with Gasteiger partial charge in [0.05, 0.1) is 0 Å². The lowest BCUT2D eigenvalue weighted by Gasteiger charge is -2.27. The molecule has 2 heterocycles. The summed E-state index contributed by atoms with van der Waals surface area (Å²) < 4.78 is 21.8. The van der Waals surface area contributed by atoms with Crippen LogP contribution in [0.15, 0.2) is 36.4 Å². The molecule has 0 radical (unpaired) electrons. The molecule has 12 nitrogen and oxygen atoms in total. The lowest BCUT2D eigenvalue weighted by Crippen LogP contribution is -2.43. The van der Waals surface area contributed by atoms with Crippen LogP contribution in [-0.4, -0.2) is 105 Å². The fourth-order valence-corrected chi connectivity index (χ4v) is 9.88. The van der Waals surface area contributed by atoms with Crippen molar-refractivity contribution in [1.29, 1.82) is 0 Å². The first-order valence-electron chi connectivity index (χ1n) is 18.8. The number of fused-ring (bicyclic) bond motifs is 1. The molecule has 0 aromatic heterocycles. The molecular weight excluding hydrogens is 745 g/mol. The number of ketones is 2. The molecule has 0 unspecified atom stereocenters. The van der Waals surface area contributed by atoms with E-state index in [2.05, 4.69) is 0 Å². The van der Waals surface area contributed by atoms with E-state index in [4.69, 9.17) is 18.9 Å². The number of carbonyl (C=O) groups excluding carboxylic acids is 6. The van der Waals surface area contributed by atoms with E-state index in [0.29, 0.717) is 35.7 Å². The van der Waals surface area contributed by atoms with Gasteiger partial charge in [-0.05, 0) is 94.9 Å². The summed E-state index contributed by atoms with van der Waals surface area (Å²) >= 11 is 2.55. The summed E-state index contributed by atoms with van der Waals surface area (Å²) in [7, 11) is 0. The standard InChI is InChI=1S/C41H50N2O10S2/c1-39(2,3)52-37(48)42-17-19-54-33(42)35(46)50-23-31(44)26-11-9-25(10-12-26)27-13-14-28(30-22-41(21-29(27)30)15-7-8-16-41)32(45)24-51-36(47)34-43(18-20-55-34)38(49)53-40(4,5)6/h9-14,33-34H,7-8,15-24H2,1-6H3/t33-,34-/m0/s1. The van der Waals surface area contributed by atoms with Gasteiger partial charge in [0.25, 0.3) is 0 Å². The van der Waals surface area contributed by atoms with Gasteiger partial charge in [-0.1, -0.05) is 49.2 Å². The number of nitrogens with zero attached hydrogens (tertiary/aromatic N) is 2. The number of Topliss-reactive ketones (excluding diaryl/α,β-unsaturated/α-hetero) is 2. The number of hydrogen-bond acceptors (Lipinski definition) is 12. The van der Waals surface area contributed by atoms with Gasteiger partial charge in [-0.25, -0.2) is 19.2 Å². The van der Waals surface area contributed by atoms with Gasteiger partial charge in [-0.15, -0.1) is 23.5 Å². The predicted octanol–water partition coefficient (Wildman–Crippen LogP) is 7.08. The largest absolute Gasteiger partial charge is 0.455 e. The molecular formula is C41H50N2O10S2. The average Bonchev–Trinajstić information content (AvgIpc) is 3.94. The Labute approximate surface area is 330 Å². The van der Waals surface area contributed by atoms with Gasteiger partial charge in [0.1, 0.15) is 11.2 Å². The number of esters is 2. The van der Waals surface area contributed by atoms with Crippen LogP contribution in [0.25, 0.3) is 11.1 Å². The summed E-state index contributed by atoms with van der Waals surface area (Å²) in [6.45, 7) is 10.3. The van der Waals surface area contributed by atoms with E-state index in [-0.39, 0.29) is 17.0 Å². The molecule has 1 saturated carbocycles. The Kier molecular flexibility index (Phi) is 12.0. The van der Waals surface area contributed by atoms with Crippen LogP contribution in [0.4, 0.5) is 9.59 Å². The van der Waals surface area contributed by atoms with Crippen LogP contribution in [0, 0.1) is 5.41 Å². The summed E-state index contributed by atoms with van der Waals surface area (Å²) in [6, 6.07) is 10.9. The summed E-state index contributed by atoms with van der Waals surface area (Å²) in [5.41, 5.74) is 3.52. The SMILES string of the molecule is CC(C)(C)OC(=O)N1CCS[C@H]1C(=O)OCC(=O)c1ccc(-c2ccc(C(=O)COC(=O)[C@@H]3SCCN3C(=O)OC(C)(C)C)c3c2CC2(CCCC2)C3)cc1. The van der Waals surface area contributed by atoms with E-state index in [1.807, 2.05) is 18.2 Å². The summed E-state index contributed by atoms with van der Waals surface area (Å²) in [5, 5.41) is -1.75. The maximum Gasteiger partial charge on any atom is 0.411 e. The number of rotatable bonds is 9. The van der Waals surface area contributed by atoms with Crippen LogP contribution in [0.3, 0.4) is 0 Å². The van der Waals surface area contributed by atoms with Crippen molar-refractivity contribution >= 4 is 59.2 Å². The topological polar surface area (TPSA) is 146 Å². The van der Waals surface area contributed by atoms with E-state index >= 15 is 0 Å². The molecule has 2 saturated heterocycles. The van der Waals surface area contributed by atoms with Gasteiger partial charge in [0, 0.05) is 35.7 Å². The number of thioether (sulfide) groups is 2. The Balaban J connectivity index is 1.12. The van der Waals surface area contributed by atoms with E-state index in [0.717, 1.165) is 60.8 Å². The maximum atomic E-state index is 13.7. The van der Waals surface area contributed by atoms with Crippen molar-refractivity contribution in [2.45, 2.75) is 102 Å². The molecule has 2 atom stereocenters. The van der Waals surface area contributed by atoms with Gasteiger partial charge < -0.3 is 18.9 Å². The number of hydrogen-bond donors (Lipinski definition) is 0. The fourth-order valence-electron chi connectivity index (χ4n) is 7.68. The minimum absolute atomic E-state index is 0.0784. The molecule has 1 spiro atoms. The second-order valence-corrected chi connectivity index (χ2v) is 19.0. The Hall–Kier alpha value is -4.04. The van der Waals surface area contributed by atoms with Crippen LogP contribution < -0.4 is 0 Å². The highest BCUT2D eigenvalue weighted by Crippen LogP contribution is 2.51. The third-order valence-corrected chi connectivity index (χ3v) is 12.5. The third kappa shape index (κ3) is 9.50. The fraction of sp³-hybridized carbons (Fsp3) is 0.561. The van der Waals surface area contributed by atoms with Crippen molar-refractivity contribution in [2.75, 3.05) is 37.8 Å². The van der Waals surface area contributed by atoms with Gasteiger partial charge >= 0.3 is 24.1 Å². The number of amides is 2. The van der Waals surface area contributed by atoms with Crippen LogP contribution in [0.2, 0.25) is 0 Å². The molecule has 14 heteroatoms. The summed E-state index contributed by atoms with van der Waals surface area (Å²) in [6.07, 6.45) is 4.83. The monoisotopic (exact) mass is 794 g/mol. The van der Waals surface area contributed by atoms with E-state index in [1.54, 1.807) is 59.7 Å². The highest BCUT2D eigenvalue weighted by molar-refractivity contribution is 8.01. The molecule has 2 aromatic carbocycles. The van der Waals surface area contributed by atoms with E-state index in [1.165, 1.54) is 33.3 Å². The smallest absolute Gasteiger partial charge is 0.411 e. The Morgan fingerprint density at radius 3 is 1.67 bits per heavy atom. The van der Waals surface area contributed by atoms with Crippen LogP contribution in [0.1, 0.15) is 99.1 Å². The first kappa shape index (κ1) is 40.6. The molecule has 2 amide bonds. The zero-order chi connectivity index (χ0) is 39.7. The van der Waals surface area contributed by atoms with Crippen LogP contribution >= 0.6 is 23.5 Å². The molecule has 4 aliphatic rings. The van der Waals surface area contributed by atoms with Crippen molar-refractivity contribution in [3.8, 4) is 11.1 Å². The lowest BCUT2D eigenvalue weighted by atomic mass is 9.82.